The maximum atomic E-state index is 13.0. The molecule has 0 aliphatic carbocycles. The van der Waals surface area contributed by atoms with Crippen molar-refractivity contribution in [2.75, 3.05) is 26.2 Å². The molecule has 170 valence electrons. The smallest absolute Gasteiger partial charge is 0.219 e. The van der Waals surface area contributed by atoms with Crippen LogP contribution in [0, 0.1) is 5.82 Å². The van der Waals surface area contributed by atoms with Crippen LogP contribution in [0.4, 0.5) is 4.39 Å². The quantitative estimate of drug-likeness (QED) is 0.292. The number of guanidine groups is 1. The topological polar surface area (TPSA) is 61.8 Å². The number of aliphatic imine (C=N–C) groups is 1. The van der Waals surface area contributed by atoms with Crippen molar-refractivity contribution in [1.82, 2.24) is 20.5 Å². The summed E-state index contributed by atoms with van der Waals surface area (Å²) < 4.78 is 18.6. The highest BCUT2D eigenvalue weighted by Gasteiger charge is 2.19. The summed E-state index contributed by atoms with van der Waals surface area (Å²) in [7, 11) is 0. The van der Waals surface area contributed by atoms with Gasteiger partial charge in [0.15, 0.2) is 5.96 Å². The molecule has 2 N–H and O–H groups in total. The maximum absolute atomic E-state index is 13.0. The molecule has 0 bridgehead atoms. The molecule has 1 saturated heterocycles. The average Bonchev–Trinajstić information content (AvgIpc) is 2.76. The van der Waals surface area contributed by atoms with Gasteiger partial charge < -0.3 is 20.3 Å². The number of likely N-dealkylation sites (tertiary alicyclic amines) is 1. The number of rotatable bonds is 8. The first-order valence-corrected chi connectivity index (χ1v) is 10.8. The number of aromatic nitrogens is 1. The van der Waals surface area contributed by atoms with Gasteiger partial charge in [0.2, 0.25) is 5.88 Å². The van der Waals surface area contributed by atoms with Crippen LogP contribution in [-0.2, 0) is 6.54 Å². The lowest BCUT2D eigenvalue weighted by atomic mass is 10.1. The van der Waals surface area contributed by atoms with Gasteiger partial charge >= 0.3 is 0 Å². The summed E-state index contributed by atoms with van der Waals surface area (Å²) in [5.41, 5.74) is 0.997. The molecule has 0 saturated carbocycles. The molecule has 1 aromatic carbocycles. The summed E-state index contributed by atoms with van der Waals surface area (Å²) in [6.45, 7) is 9.14. The molecule has 1 aliphatic heterocycles. The monoisotopic (exact) mass is 541 g/mol. The third-order valence-electron chi connectivity index (χ3n) is 5.07. The normalized spacial score (nSPS) is 15.3. The van der Waals surface area contributed by atoms with Crippen molar-refractivity contribution in [1.29, 1.82) is 0 Å². The van der Waals surface area contributed by atoms with E-state index in [2.05, 4.69) is 34.4 Å². The first-order chi connectivity index (χ1) is 14.7. The van der Waals surface area contributed by atoms with Crippen molar-refractivity contribution >= 4 is 29.9 Å². The molecule has 6 nitrogen and oxygen atoms in total. The fourth-order valence-electron chi connectivity index (χ4n) is 3.49. The minimum absolute atomic E-state index is 0. The minimum Gasteiger partial charge on any atom is -0.439 e. The lowest BCUT2D eigenvalue weighted by Crippen LogP contribution is -2.48. The highest BCUT2D eigenvalue weighted by atomic mass is 127. The Morgan fingerprint density at radius 2 is 1.90 bits per heavy atom. The third-order valence-corrected chi connectivity index (χ3v) is 5.07. The van der Waals surface area contributed by atoms with E-state index in [0.29, 0.717) is 24.2 Å². The van der Waals surface area contributed by atoms with Gasteiger partial charge in [-0.2, -0.15) is 0 Å². The van der Waals surface area contributed by atoms with E-state index in [1.54, 1.807) is 24.4 Å². The molecule has 1 aromatic heterocycles. The number of nitrogens with one attached hydrogen (secondary N) is 2. The zero-order valence-corrected chi connectivity index (χ0v) is 20.6. The zero-order valence-electron chi connectivity index (χ0n) is 18.3. The van der Waals surface area contributed by atoms with Crippen LogP contribution in [0.5, 0.6) is 11.6 Å². The van der Waals surface area contributed by atoms with Crippen LogP contribution in [0.15, 0.2) is 47.6 Å². The number of hydrogen-bond donors (Lipinski definition) is 2. The van der Waals surface area contributed by atoms with Gasteiger partial charge in [-0.25, -0.2) is 14.4 Å². The average molecular weight is 541 g/mol. The molecule has 0 unspecified atom stereocenters. The molecule has 3 rings (SSSR count). The number of hydrogen-bond acceptors (Lipinski definition) is 4. The van der Waals surface area contributed by atoms with E-state index in [9.17, 15) is 4.39 Å². The van der Waals surface area contributed by atoms with Crippen LogP contribution in [0.1, 0.15) is 38.7 Å². The Bertz CT molecular complexity index is 793. The number of pyridine rings is 1. The molecule has 0 amide bonds. The van der Waals surface area contributed by atoms with Crippen molar-refractivity contribution < 1.29 is 9.13 Å². The SMILES string of the molecule is CCCN1CCC(NC(=NCc2ccc(Oc3ccc(F)cc3)nc2)NCC)CC1.I. The van der Waals surface area contributed by atoms with E-state index in [-0.39, 0.29) is 29.8 Å². The van der Waals surface area contributed by atoms with Crippen LogP contribution < -0.4 is 15.4 Å². The summed E-state index contributed by atoms with van der Waals surface area (Å²) in [5, 5.41) is 6.91. The van der Waals surface area contributed by atoms with E-state index >= 15 is 0 Å². The largest absolute Gasteiger partial charge is 0.439 e. The summed E-state index contributed by atoms with van der Waals surface area (Å²) >= 11 is 0. The van der Waals surface area contributed by atoms with Gasteiger partial charge in [-0.1, -0.05) is 13.0 Å². The maximum Gasteiger partial charge on any atom is 0.219 e. The Kier molecular flexibility index (Phi) is 11.0. The van der Waals surface area contributed by atoms with Crippen molar-refractivity contribution in [3.05, 3.63) is 54.0 Å². The van der Waals surface area contributed by atoms with Crippen LogP contribution in [0.3, 0.4) is 0 Å². The Hall–Kier alpha value is -1.94. The predicted molar refractivity (Wildman–Crippen MR) is 134 cm³/mol. The highest BCUT2D eigenvalue weighted by Crippen LogP contribution is 2.19. The Morgan fingerprint density at radius 1 is 1.16 bits per heavy atom. The van der Waals surface area contributed by atoms with Gasteiger partial charge in [-0.05, 0) is 62.6 Å². The molecule has 2 aromatic rings. The fourth-order valence-corrected chi connectivity index (χ4v) is 3.49. The number of halogens is 2. The van der Waals surface area contributed by atoms with E-state index in [0.717, 1.165) is 44.0 Å². The lowest BCUT2D eigenvalue weighted by molar-refractivity contribution is 0.206. The van der Waals surface area contributed by atoms with Gasteiger partial charge in [0, 0.05) is 37.9 Å². The molecule has 8 heteroatoms. The Balaban J connectivity index is 0.00000341. The van der Waals surface area contributed by atoms with E-state index in [1.165, 1.54) is 25.1 Å². The van der Waals surface area contributed by atoms with Crippen LogP contribution in [0.25, 0.3) is 0 Å². The second kappa shape index (κ2) is 13.5. The molecule has 2 heterocycles. The fraction of sp³-hybridized carbons (Fsp3) is 0.478. The van der Waals surface area contributed by atoms with E-state index in [4.69, 9.17) is 9.73 Å². The van der Waals surface area contributed by atoms with Gasteiger partial charge in [-0.3, -0.25) is 0 Å². The molecular weight excluding hydrogens is 508 g/mol. The number of benzene rings is 1. The van der Waals surface area contributed by atoms with Crippen molar-refractivity contribution in [2.24, 2.45) is 4.99 Å². The summed E-state index contributed by atoms with van der Waals surface area (Å²) in [6, 6.07) is 10.1. The molecule has 0 radical (unpaired) electrons. The van der Waals surface area contributed by atoms with Crippen LogP contribution >= 0.6 is 24.0 Å². The molecule has 1 aliphatic rings. The predicted octanol–water partition coefficient (Wildman–Crippen LogP) is 4.56. The van der Waals surface area contributed by atoms with E-state index < -0.39 is 0 Å². The Labute approximate surface area is 201 Å². The number of ether oxygens (including phenoxy) is 1. The zero-order chi connectivity index (χ0) is 21.2. The molecule has 0 spiro atoms. The van der Waals surface area contributed by atoms with Crippen LogP contribution in [-0.4, -0.2) is 48.1 Å². The second-order valence-corrected chi connectivity index (χ2v) is 7.52. The molecular formula is C23H33FIN5O. The molecule has 0 atom stereocenters. The standard InChI is InChI=1S/C23H32FN5O.HI/c1-3-13-29-14-11-20(12-15-29)28-23(25-4-2)27-17-18-5-10-22(26-16-18)30-21-8-6-19(24)7-9-21;/h5-10,16,20H,3-4,11-15,17H2,1-2H3,(H2,25,27,28);1H. The summed E-state index contributed by atoms with van der Waals surface area (Å²) in [5.74, 6) is 1.58. The third kappa shape index (κ3) is 8.60. The van der Waals surface area contributed by atoms with E-state index in [1.807, 2.05) is 6.07 Å². The number of nitrogens with zero attached hydrogens (tertiary/aromatic N) is 3. The molecule has 1 fully saturated rings. The lowest BCUT2D eigenvalue weighted by Gasteiger charge is -2.32. The minimum atomic E-state index is -0.292. The summed E-state index contributed by atoms with van der Waals surface area (Å²) in [6.07, 6.45) is 5.25. The first kappa shape index (κ1) is 25.3. The summed E-state index contributed by atoms with van der Waals surface area (Å²) in [4.78, 5) is 11.6. The highest BCUT2D eigenvalue weighted by molar-refractivity contribution is 14.0. The van der Waals surface area contributed by atoms with Gasteiger partial charge in [0.1, 0.15) is 11.6 Å². The van der Waals surface area contributed by atoms with Crippen molar-refractivity contribution in [3.63, 3.8) is 0 Å². The van der Waals surface area contributed by atoms with Gasteiger partial charge in [0.05, 0.1) is 6.54 Å². The molecule has 31 heavy (non-hydrogen) atoms. The van der Waals surface area contributed by atoms with Gasteiger partial charge in [-0.15, -0.1) is 24.0 Å². The van der Waals surface area contributed by atoms with Crippen LogP contribution in [0.2, 0.25) is 0 Å². The van der Waals surface area contributed by atoms with Crippen molar-refractivity contribution in [2.45, 2.75) is 45.7 Å². The second-order valence-electron chi connectivity index (χ2n) is 7.52. The first-order valence-electron chi connectivity index (χ1n) is 10.8. The Morgan fingerprint density at radius 3 is 2.52 bits per heavy atom. The number of piperidine rings is 1. The van der Waals surface area contributed by atoms with Gasteiger partial charge in [0.25, 0.3) is 0 Å². The van der Waals surface area contributed by atoms with Crippen molar-refractivity contribution in [3.8, 4) is 11.6 Å².